The molecule has 1 N–H and O–H groups in total. The van der Waals surface area contributed by atoms with Gasteiger partial charge in [-0.15, -0.1) is 0 Å². The fourth-order valence-corrected chi connectivity index (χ4v) is 4.39. The normalized spacial score (nSPS) is 22.6. The number of hydrogen-bond donors (Lipinski definition) is 1. The summed E-state index contributed by atoms with van der Waals surface area (Å²) in [6.45, 7) is 3.81. The zero-order valence-electron chi connectivity index (χ0n) is 15.4. The maximum absolute atomic E-state index is 12.9. The lowest BCUT2D eigenvalue weighted by molar-refractivity contribution is -0.133. The van der Waals surface area contributed by atoms with E-state index in [-0.39, 0.29) is 11.8 Å². The van der Waals surface area contributed by atoms with E-state index in [0.29, 0.717) is 6.04 Å². The van der Waals surface area contributed by atoms with E-state index >= 15 is 0 Å². The van der Waals surface area contributed by atoms with E-state index in [1.165, 1.54) is 27.6 Å². The molecule has 0 saturated carbocycles. The van der Waals surface area contributed by atoms with Crippen LogP contribution in [-0.4, -0.2) is 53.9 Å². The Morgan fingerprint density at radius 1 is 1.40 bits per heavy atom. The smallest absolute Gasteiger partial charge is 0.230 e. The summed E-state index contributed by atoms with van der Waals surface area (Å²) in [5.74, 6) is 0.201. The zero-order valence-corrected chi connectivity index (χ0v) is 15.4. The highest BCUT2D eigenvalue weighted by Gasteiger charge is 2.36. The maximum Gasteiger partial charge on any atom is 0.230 e. The third-order valence-corrected chi connectivity index (χ3v) is 5.81. The van der Waals surface area contributed by atoms with Crippen LogP contribution in [-0.2, 0) is 11.2 Å². The number of likely N-dealkylation sites (N-methyl/N-ethyl adjacent to an activating group) is 1. The van der Waals surface area contributed by atoms with Gasteiger partial charge >= 0.3 is 0 Å². The largest absolute Gasteiger partial charge is 0.361 e. The van der Waals surface area contributed by atoms with Crippen molar-refractivity contribution in [3.8, 4) is 0 Å². The number of aromatic nitrogens is 1. The molecular formula is C21H27N3O. The highest BCUT2D eigenvalue weighted by Crippen LogP contribution is 2.40. The van der Waals surface area contributed by atoms with Gasteiger partial charge in [0, 0.05) is 43.3 Å². The fraction of sp³-hybridized carbons (Fsp3) is 0.476. The molecule has 0 saturated heterocycles. The Labute approximate surface area is 149 Å². The Bertz CT molecular complexity index is 835. The van der Waals surface area contributed by atoms with Crippen molar-refractivity contribution in [3.05, 3.63) is 41.6 Å². The number of amides is 1. The van der Waals surface area contributed by atoms with Crippen LogP contribution >= 0.6 is 0 Å². The van der Waals surface area contributed by atoms with Gasteiger partial charge in [0.1, 0.15) is 0 Å². The summed E-state index contributed by atoms with van der Waals surface area (Å²) in [6.07, 6.45) is 7.60. The van der Waals surface area contributed by atoms with Gasteiger partial charge in [0.05, 0.1) is 5.92 Å². The lowest BCUT2D eigenvalue weighted by atomic mass is 9.79. The summed E-state index contributed by atoms with van der Waals surface area (Å²) < 4.78 is 0. The molecule has 25 heavy (non-hydrogen) atoms. The van der Waals surface area contributed by atoms with Gasteiger partial charge in [-0.25, -0.2) is 0 Å². The molecule has 2 aliphatic rings. The van der Waals surface area contributed by atoms with Crippen molar-refractivity contribution in [1.29, 1.82) is 0 Å². The third-order valence-electron chi connectivity index (χ3n) is 5.81. The number of hydrogen-bond acceptors (Lipinski definition) is 2. The topological polar surface area (TPSA) is 39.3 Å². The number of carbonyl (C=O) groups is 1. The van der Waals surface area contributed by atoms with E-state index in [1.54, 1.807) is 0 Å². The van der Waals surface area contributed by atoms with E-state index in [1.807, 2.05) is 11.9 Å². The summed E-state index contributed by atoms with van der Waals surface area (Å²) in [6, 6.07) is 6.83. The number of fused-ring (bicyclic) bond motifs is 2. The number of unbranched alkanes of at least 4 members (excludes halogenated alkanes) is 1. The van der Waals surface area contributed by atoms with Crippen LogP contribution in [0.1, 0.15) is 30.9 Å². The van der Waals surface area contributed by atoms with Gasteiger partial charge in [0.25, 0.3) is 0 Å². The molecule has 4 heteroatoms. The molecule has 1 aromatic carbocycles. The van der Waals surface area contributed by atoms with Crippen LogP contribution in [0.5, 0.6) is 0 Å². The first kappa shape index (κ1) is 16.4. The number of carbonyl (C=O) groups excluding carboxylic acids is 1. The Kier molecular flexibility index (Phi) is 4.16. The lowest BCUT2D eigenvalue weighted by Crippen LogP contribution is -2.47. The standard InChI is InChI=1S/C21H27N3O/c1-4-5-9-23(2)21(25)15-10-17-16-7-6-8-18-20(16)14(12-22-18)11-19(17)24(3)13-15/h6-8,10,12,15,19,22H,4-5,9,11,13H2,1-3H3. The van der Waals surface area contributed by atoms with Crippen LogP contribution in [0.25, 0.3) is 16.5 Å². The number of nitrogens with one attached hydrogen (secondary N) is 1. The average Bonchev–Trinajstić information content (AvgIpc) is 3.04. The monoisotopic (exact) mass is 337 g/mol. The SMILES string of the molecule is CCCCN(C)C(=O)C1C=C2c3cccc4[nH]cc(c34)CC2N(C)C1. The maximum atomic E-state index is 12.9. The third kappa shape index (κ3) is 2.69. The molecule has 132 valence electrons. The summed E-state index contributed by atoms with van der Waals surface area (Å²) >= 11 is 0. The van der Waals surface area contributed by atoms with Gasteiger partial charge in [-0.1, -0.05) is 31.6 Å². The predicted molar refractivity (Wildman–Crippen MR) is 102 cm³/mol. The van der Waals surface area contributed by atoms with Crippen LogP contribution in [0.4, 0.5) is 0 Å². The van der Waals surface area contributed by atoms with Gasteiger partial charge in [-0.05, 0) is 42.7 Å². The van der Waals surface area contributed by atoms with Gasteiger partial charge in [-0.3, -0.25) is 9.69 Å². The van der Waals surface area contributed by atoms with Gasteiger partial charge in [0.15, 0.2) is 0 Å². The molecule has 2 aromatic rings. The van der Waals surface area contributed by atoms with Crippen molar-refractivity contribution in [2.45, 2.75) is 32.2 Å². The van der Waals surface area contributed by atoms with E-state index in [0.717, 1.165) is 32.4 Å². The second kappa shape index (κ2) is 6.34. The molecule has 4 rings (SSSR count). The minimum absolute atomic E-state index is 0.0474. The number of benzene rings is 1. The summed E-state index contributed by atoms with van der Waals surface area (Å²) in [4.78, 5) is 20.6. The molecule has 2 atom stereocenters. The number of rotatable bonds is 4. The minimum Gasteiger partial charge on any atom is -0.361 e. The zero-order chi connectivity index (χ0) is 17.6. The van der Waals surface area contributed by atoms with Crippen molar-refractivity contribution in [1.82, 2.24) is 14.8 Å². The van der Waals surface area contributed by atoms with Crippen molar-refractivity contribution in [2.75, 3.05) is 27.2 Å². The van der Waals surface area contributed by atoms with Crippen LogP contribution in [0.15, 0.2) is 30.5 Å². The molecule has 0 bridgehead atoms. The molecule has 0 radical (unpaired) electrons. The van der Waals surface area contributed by atoms with E-state index < -0.39 is 0 Å². The van der Waals surface area contributed by atoms with Crippen LogP contribution in [0, 0.1) is 5.92 Å². The first-order valence-electron chi connectivity index (χ1n) is 9.36. The fourth-order valence-electron chi connectivity index (χ4n) is 4.39. The number of aromatic amines is 1. The first-order valence-corrected chi connectivity index (χ1v) is 9.36. The minimum atomic E-state index is -0.0474. The Morgan fingerprint density at radius 3 is 3.04 bits per heavy atom. The Hall–Kier alpha value is -2.07. The summed E-state index contributed by atoms with van der Waals surface area (Å²) in [5.41, 5.74) is 5.21. The van der Waals surface area contributed by atoms with E-state index in [9.17, 15) is 4.79 Å². The van der Waals surface area contributed by atoms with Crippen molar-refractivity contribution < 1.29 is 4.79 Å². The molecule has 1 aliphatic heterocycles. The Morgan fingerprint density at radius 2 is 2.24 bits per heavy atom. The highest BCUT2D eigenvalue weighted by atomic mass is 16.2. The lowest BCUT2D eigenvalue weighted by Gasteiger charge is -2.40. The summed E-state index contributed by atoms with van der Waals surface area (Å²) in [5, 5.41) is 1.34. The Balaban J connectivity index is 1.71. The van der Waals surface area contributed by atoms with Gasteiger partial charge in [0.2, 0.25) is 5.91 Å². The predicted octanol–water partition coefficient (Wildman–Crippen LogP) is 3.30. The van der Waals surface area contributed by atoms with Crippen LogP contribution in [0.2, 0.25) is 0 Å². The molecule has 2 unspecified atom stereocenters. The van der Waals surface area contributed by atoms with Crippen molar-refractivity contribution in [2.24, 2.45) is 5.92 Å². The highest BCUT2D eigenvalue weighted by molar-refractivity contribution is 5.99. The molecule has 0 spiro atoms. The molecule has 1 aliphatic carbocycles. The van der Waals surface area contributed by atoms with E-state index in [2.05, 4.69) is 54.3 Å². The molecule has 2 heterocycles. The van der Waals surface area contributed by atoms with Crippen molar-refractivity contribution >= 4 is 22.4 Å². The number of nitrogens with zero attached hydrogens (tertiary/aromatic N) is 2. The molecule has 1 amide bonds. The van der Waals surface area contributed by atoms with Gasteiger partial charge in [-0.2, -0.15) is 0 Å². The second-order valence-corrected chi connectivity index (χ2v) is 7.54. The quantitative estimate of drug-likeness (QED) is 0.930. The van der Waals surface area contributed by atoms with Crippen LogP contribution in [0.3, 0.4) is 0 Å². The number of H-pyrrole nitrogens is 1. The second-order valence-electron chi connectivity index (χ2n) is 7.54. The molecule has 0 fully saturated rings. The van der Waals surface area contributed by atoms with E-state index in [4.69, 9.17) is 0 Å². The first-order chi connectivity index (χ1) is 12.1. The average molecular weight is 337 g/mol. The van der Waals surface area contributed by atoms with Crippen molar-refractivity contribution in [3.63, 3.8) is 0 Å². The molecular weight excluding hydrogens is 310 g/mol. The molecule has 4 nitrogen and oxygen atoms in total. The van der Waals surface area contributed by atoms with Crippen LogP contribution < -0.4 is 0 Å². The van der Waals surface area contributed by atoms with Gasteiger partial charge < -0.3 is 9.88 Å². The summed E-state index contributed by atoms with van der Waals surface area (Å²) in [7, 11) is 4.09. The molecule has 1 aromatic heterocycles.